The van der Waals surface area contributed by atoms with Crippen LogP contribution in [0.5, 0.6) is 0 Å². The van der Waals surface area contributed by atoms with Crippen molar-refractivity contribution in [3.05, 3.63) is 11.8 Å². The van der Waals surface area contributed by atoms with Crippen molar-refractivity contribution < 1.29 is 14.7 Å². The lowest BCUT2D eigenvalue weighted by molar-refractivity contribution is -0.152. The highest BCUT2D eigenvalue weighted by Gasteiger charge is 2.40. The van der Waals surface area contributed by atoms with Gasteiger partial charge in [-0.3, -0.25) is 14.5 Å². The first-order valence-corrected chi connectivity index (χ1v) is 7.90. The Bertz CT molecular complexity index is 437. The molecule has 1 N–H and O–H groups in total. The van der Waals surface area contributed by atoms with Gasteiger partial charge in [0.1, 0.15) is 0 Å². The molecule has 0 bridgehead atoms. The van der Waals surface area contributed by atoms with Crippen LogP contribution in [0.2, 0.25) is 0 Å². The highest BCUT2D eigenvalue weighted by molar-refractivity contribution is 5.80. The Morgan fingerprint density at radius 3 is 2.52 bits per heavy atom. The third-order valence-electron chi connectivity index (χ3n) is 5.12. The van der Waals surface area contributed by atoms with Crippen molar-refractivity contribution in [3.8, 4) is 0 Å². The number of allylic oxidation sites excluding steroid dienone is 2. The summed E-state index contributed by atoms with van der Waals surface area (Å²) in [5.74, 6) is -0.577. The minimum absolute atomic E-state index is 0.113. The molecule has 0 unspecified atom stereocenters. The van der Waals surface area contributed by atoms with Crippen molar-refractivity contribution in [1.82, 2.24) is 9.80 Å². The maximum Gasteiger partial charge on any atom is 0.309 e. The highest BCUT2D eigenvalue weighted by atomic mass is 16.4. The molecule has 5 nitrogen and oxygen atoms in total. The van der Waals surface area contributed by atoms with Crippen molar-refractivity contribution in [2.45, 2.75) is 45.4 Å². The Kier molecular flexibility index (Phi) is 5.04. The maximum atomic E-state index is 12.3. The lowest BCUT2D eigenvalue weighted by Gasteiger charge is -2.38. The molecule has 1 fully saturated rings. The van der Waals surface area contributed by atoms with Crippen molar-refractivity contribution in [3.63, 3.8) is 0 Å². The van der Waals surface area contributed by atoms with Gasteiger partial charge in [-0.2, -0.15) is 0 Å². The summed E-state index contributed by atoms with van der Waals surface area (Å²) in [6, 6.07) is 0. The molecule has 1 aliphatic heterocycles. The van der Waals surface area contributed by atoms with E-state index < -0.39 is 11.4 Å². The van der Waals surface area contributed by atoms with Gasteiger partial charge in [0.2, 0.25) is 5.91 Å². The van der Waals surface area contributed by atoms with E-state index >= 15 is 0 Å². The minimum Gasteiger partial charge on any atom is -0.481 e. The molecule has 0 atom stereocenters. The molecule has 0 spiro atoms. The molecule has 2 aliphatic rings. The van der Waals surface area contributed by atoms with Crippen LogP contribution in [0, 0.1) is 5.41 Å². The molecule has 0 aromatic heterocycles. The van der Waals surface area contributed by atoms with Crippen LogP contribution >= 0.6 is 0 Å². The Balaban J connectivity index is 1.85. The predicted octanol–water partition coefficient (Wildman–Crippen LogP) is 2.09. The van der Waals surface area contributed by atoms with Crippen LogP contribution in [-0.4, -0.2) is 53.5 Å². The number of rotatable bonds is 5. The molecule has 1 heterocycles. The zero-order valence-electron chi connectivity index (χ0n) is 13.1. The number of likely N-dealkylation sites (tertiary alicyclic amines) is 1. The number of likely N-dealkylation sites (N-methyl/N-ethyl adjacent to an activating group) is 1. The minimum atomic E-state index is -0.691. The summed E-state index contributed by atoms with van der Waals surface area (Å²) >= 11 is 0. The van der Waals surface area contributed by atoms with Crippen LogP contribution < -0.4 is 0 Å². The molecule has 118 valence electrons. The molecule has 0 aromatic rings. The first-order valence-electron chi connectivity index (χ1n) is 7.90. The van der Waals surface area contributed by atoms with Crippen LogP contribution in [-0.2, 0) is 9.59 Å². The monoisotopic (exact) mass is 294 g/mol. The molecular weight excluding hydrogens is 268 g/mol. The Morgan fingerprint density at radius 1 is 1.38 bits per heavy atom. The molecule has 0 aromatic carbocycles. The lowest BCUT2D eigenvalue weighted by Crippen LogP contribution is -2.47. The van der Waals surface area contributed by atoms with Crippen LogP contribution in [0.3, 0.4) is 0 Å². The number of aliphatic carboxylic acids is 1. The van der Waals surface area contributed by atoms with E-state index in [9.17, 15) is 14.7 Å². The second kappa shape index (κ2) is 6.60. The first-order chi connectivity index (χ1) is 9.98. The Hall–Kier alpha value is -1.36. The number of hydrogen-bond donors (Lipinski definition) is 1. The topological polar surface area (TPSA) is 60.9 Å². The SMILES string of the molecule is CCC1(C(=O)O)CCN(CC(=O)N(C)C2=CCCC2)CC1. The maximum absolute atomic E-state index is 12.3. The molecule has 1 aliphatic carbocycles. The fourth-order valence-corrected chi connectivity index (χ4v) is 3.27. The van der Waals surface area contributed by atoms with E-state index in [1.54, 1.807) is 4.90 Å². The third-order valence-corrected chi connectivity index (χ3v) is 5.12. The number of carboxylic acid groups (broad SMARTS) is 1. The molecular formula is C16H26N2O3. The number of piperidine rings is 1. The van der Waals surface area contributed by atoms with Crippen LogP contribution in [0.1, 0.15) is 45.4 Å². The van der Waals surface area contributed by atoms with Gasteiger partial charge >= 0.3 is 5.97 Å². The standard InChI is InChI=1S/C16H26N2O3/c1-3-16(15(20)21)8-10-18(11-9-16)12-14(19)17(2)13-6-4-5-7-13/h6H,3-5,7-12H2,1-2H3,(H,20,21). The molecule has 21 heavy (non-hydrogen) atoms. The Morgan fingerprint density at radius 2 is 2.05 bits per heavy atom. The van der Waals surface area contributed by atoms with E-state index in [-0.39, 0.29) is 5.91 Å². The number of carbonyl (C=O) groups is 2. The van der Waals surface area contributed by atoms with E-state index in [0.29, 0.717) is 38.9 Å². The van der Waals surface area contributed by atoms with Gasteiger partial charge in [0.05, 0.1) is 12.0 Å². The third kappa shape index (κ3) is 3.46. The molecule has 0 saturated carbocycles. The summed E-state index contributed by atoms with van der Waals surface area (Å²) in [7, 11) is 1.84. The summed E-state index contributed by atoms with van der Waals surface area (Å²) in [5, 5.41) is 9.39. The van der Waals surface area contributed by atoms with Crippen molar-refractivity contribution in [2.75, 3.05) is 26.7 Å². The van der Waals surface area contributed by atoms with E-state index in [2.05, 4.69) is 11.0 Å². The summed E-state index contributed by atoms with van der Waals surface area (Å²) in [6.07, 6.45) is 7.26. The average Bonchev–Trinajstić information content (AvgIpc) is 3.01. The zero-order chi connectivity index (χ0) is 15.5. The lowest BCUT2D eigenvalue weighted by atomic mass is 9.76. The van der Waals surface area contributed by atoms with Crippen LogP contribution in [0.4, 0.5) is 0 Å². The number of carbonyl (C=O) groups excluding carboxylic acids is 1. The number of hydrogen-bond acceptors (Lipinski definition) is 3. The fourth-order valence-electron chi connectivity index (χ4n) is 3.27. The van der Waals surface area contributed by atoms with E-state index in [4.69, 9.17) is 0 Å². The molecule has 1 amide bonds. The van der Waals surface area contributed by atoms with Gasteiger partial charge < -0.3 is 10.0 Å². The highest BCUT2D eigenvalue weighted by Crippen LogP contribution is 2.35. The van der Waals surface area contributed by atoms with E-state index in [1.165, 1.54) is 0 Å². The summed E-state index contributed by atoms with van der Waals surface area (Å²) < 4.78 is 0. The van der Waals surface area contributed by atoms with Gasteiger partial charge in [-0.1, -0.05) is 13.0 Å². The summed E-state index contributed by atoms with van der Waals surface area (Å²) in [6.45, 7) is 3.72. The largest absolute Gasteiger partial charge is 0.481 e. The normalized spacial score (nSPS) is 21.9. The number of amides is 1. The second-order valence-corrected chi connectivity index (χ2v) is 6.26. The van der Waals surface area contributed by atoms with Gasteiger partial charge in [0, 0.05) is 12.7 Å². The van der Waals surface area contributed by atoms with Gasteiger partial charge in [-0.15, -0.1) is 0 Å². The molecule has 0 radical (unpaired) electrons. The van der Waals surface area contributed by atoms with Crippen LogP contribution in [0.15, 0.2) is 11.8 Å². The van der Waals surface area contributed by atoms with E-state index in [1.807, 2.05) is 14.0 Å². The molecule has 5 heteroatoms. The van der Waals surface area contributed by atoms with Crippen LogP contribution in [0.25, 0.3) is 0 Å². The predicted molar refractivity (Wildman–Crippen MR) is 80.7 cm³/mol. The molecule has 1 saturated heterocycles. The summed E-state index contributed by atoms with van der Waals surface area (Å²) in [4.78, 5) is 27.6. The number of carboxylic acids is 1. The van der Waals surface area contributed by atoms with Gasteiger partial charge in [0.25, 0.3) is 0 Å². The zero-order valence-corrected chi connectivity index (χ0v) is 13.1. The first kappa shape index (κ1) is 16.0. The molecule has 2 rings (SSSR count). The Labute approximate surface area is 126 Å². The van der Waals surface area contributed by atoms with E-state index in [0.717, 1.165) is 25.0 Å². The quantitative estimate of drug-likeness (QED) is 0.843. The van der Waals surface area contributed by atoms with Gasteiger partial charge in [-0.05, 0) is 51.6 Å². The fraction of sp³-hybridized carbons (Fsp3) is 0.750. The van der Waals surface area contributed by atoms with Gasteiger partial charge in [-0.25, -0.2) is 0 Å². The van der Waals surface area contributed by atoms with Crippen molar-refractivity contribution in [1.29, 1.82) is 0 Å². The van der Waals surface area contributed by atoms with Crippen molar-refractivity contribution in [2.24, 2.45) is 5.41 Å². The number of nitrogens with zero attached hydrogens (tertiary/aromatic N) is 2. The van der Waals surface area contributed by atoms with Gasteiger partial charge in [0.15, 0.2) is 0 Å². The average molecular weight is 294 g/mol. The smallest absolute Gasteiger partial charge is 0.309 e. The summed E-state index contributed by atoms with van der Waals surface area (Å²) in [5.41, 5.74) is 0.546. The second-order valence-electron chi connectivity index (χ2n) is 6.26. The van der Waals surface area contributed by atoms with Crippen molar-refractivity contribution >= 4 is 11.9 Å².